The van der Waals surface area contributed by atoms with Gasteiger partial charge in [-0.25, -0.2) is 0 Å². The van der Waals surface area contributed by atoms with Crippen LogP contribution >= 0.6 is 0 Å². The van der Waals surface area contributed by atoms with E-state index in [2.05, 4.69) is 20.8 Å². The van der Waals surface area contributed by atoms with Crippen LogP contribution in [0.5, 0.6) is 5.75 Å². The van der Waals surface area contributed by atoms with Crippen LogP contribution in [0.1, 0.15) is 54.6 Å². The number of likely N-dealkylation sites (tertiary alicyclic amines) is 1. The molecule has 6 nitrogen and oxygen atoms in total. The lowest BCUT2D eigenvalue weighted by molar-refractivity contribution is -0.140. The van der Waals surface area contributed by atoms with Gasteiger partial charge in [0.2, 0.25) is 0 Å². The van der Waals surface area contributed by atoms with Crippen LogP contribution < -0.4 is 4.74 Å². The summed E-state index contributed by atoms with van der Waals surface area (Å²) in [6.07, 6.45) is 0. The average molecular weight is 514 g/mol. The topological polar surface area (TPSA) is 76.1 Å². The average Bonchev–Trinajstić information content (AvgIpc) is 3.15. The number of methoxy groups -OCH3 is 1. The van der Waals surface area contributed by atoms with Gasteiger partial charge in [0.25, 0.3) is 11.7 Å². The Kier molecular flexibility index (Phi) is 8.02. The maximum atomic E-state index is 13.3. The normalized spacial score (nSPS) is 17.2. The van der Waals surface area contributed by atoms with Crippen LogP contribution in [0, 0.1) is 6.92 Å². The Bertz CT molecular complexity index is 1340. The number of amides is 1. The molecule has 1 aliphatic heterocycles. The Morgan fingerprint density at radius 1 is 0.974 bits per heavy atom. The van der Waals surface area contributed by atoms with E-state index in [4.69, 9.17) is 9.47 Å². The van der Waals surface area contributed by atoms with Crippen molar-refractivity contribution in [1.82, 2.24) is 4.90 Å². The van der Waals surface area contributed by atoms with Crippen molar-refractivity contribution in [3.8, 4) is 5.75 Å². The number of hydrogen-bond acceptors (Lipinski definition) is 5. The molecule has 1 N–H and O–H groups in total. The van der Waals surface area contributed by atoms with E-state index in [0.29, 0.717) is 17.9 Å². The molecular weight excluding hydrogens is 478 g/mol. The predicted octanol–water partition coefficient (Wildman–Crippen LogP) is 5.94. The van der Waals surface area contributed by atoms with Crippen LogP contribution in [0.3, 0.4) is 0 Å². The summed E-state index contributed by atoms with van der Waals surface area (Å²) >= 11 is 0. The summed E-state index contributed by atoms with van der Waals surface area (Å²) in [4.78, 5) is 27.8. The zero-order valence-electron chi connectivity index (χ0n) is 22.7. The van der Waals surface area contributed by atoms with Gasteiger partial charge in [0.05, 0.1) is 18.2 Å². The van der Waals surface area contributed by atoms with Crippen LogP contribution in [0.25, 0.3) is 5.76 Å². The number of hydrogen-bond donors (Lipinski definition) is 1. The molecule has 1 atom stereocenters. The number of aliphatic hydroxyl groups excluding tert-OH is 1. The second-order valence-corrected chi connectivity index (χ2v) is 10.6. The van der Waals surface area contributed by atoms with Crippen LogP contribution in [-0.2, 0) is 26.3 Å². The summed E-state index contributed by atoms with van der Waals surface area (Å²) in [5.74, 6) is -0.890. The van der Waals surface area contributed by atoms with Crippen LogP contribution in [-0.4, -0.2) is 42.0 Å². The Balaban J connectivity index is 1.71. The summed E-state index contributed by atoms with van der Waals surface area (Å²) in [5, 5.41) is 11.5. The fraction of sp³-hybridized carbons (Fsp3) is 0.312. The molecule has 0 unspecified atom stereocenters. The Morgan fingerprint density at radius 2 is 1.66 bits per heavy atom. The fourth-order valence-corrected chi connectivity index (χ4v) is 4.69. The van der Waals surface area contributed by atoms with E-state index in [9.17, 15) is 14.7 Å². The van der Waals surface area contributed by atoms with Gasteiger partial charge in [-0.05, 0) is 52.8 Å². The fourth-order valence-electron chi connectivity index (χ4n) is 4.69. The summed E-state index contributed by atoms with van der Waals surface area (Å²) in [6, 6.07) is 22.3. The van der Waals surface area contributed by atoms with Crippen molar-refractivity contribution in [2.24, 2.45) is 0 Å². The van der Waals surface area contributed by atoms with Crippen molar-refractivity contribution >= 4 is 17.4 Å². The van der Waals surface area contributed by atoms with E-state index in [0.717, 1.165) is 22.3 Å². The van der Waals surface area contributed by atoms with Crippen LogP contribution in [0.4, 0.5) is 0 Å². The maximum Gasteiger partial charge on any atom is 0.295 e. The number of Topliss-reactive ketones (excluding diaryl/α,β-unsaturated/α-hetero) is 1. The molecule has 1 saturated heterocycles. The molecule has 0 aromatic heterocycles. The van der Waals surface area contributed by atoms with Gasteiger partial charge in [-0.2, -0.15) is 0 Å². The zero-order chi connectivity index (χ0) is 27.4. The lowest BCUT2D eigenvalue weighted by Crippen LogP contribution is -2.32. The van der Waals surface area contributed by atoms with Crippen molar-refractivity contribution in [3.63, 3.8) is 0 Å². The second kappa shape index (κ2) is 11.2. The SMILES string of the molecule is COCCN1C(=O)C(=O)C(=C(O)c2ccc(OCc3ccccc3)cc2C)[C@@H]1c1ccc(C(C)(C)C)cc1. The molecule has 38 heavy (non-hydrogen) atoms. The number of carbonyl (C=O) groups is 2. The molecule has 1 aliphatic rings. The van der Waals surface area contributed by atoms with E-state index in [1.54, 1.807) is 19.2 Å². The van der Waals surface area contributed by atoms with Crippen molar-refractivity contribution in [3.05, 3.63) is 106 Å². The van der Waals surface area contributed by atoms with Gasteiger partial charge in [0.15, 0.2) is 0 Å². The van der Waals surface area contributed by atoms with E-state index < -0.39 is 17.7 Å². The molecule has 1 fully saturated rings. The summed E-state index contributed by atoms with van der Waals surface area (Å²) in [5.41, 5.74) is 4.20. The number of carbonyl (C=O) groups excluding carboxylic acids is 2. The highest BCUT2D eigenvalue weighted by Gasteiger charge is 2.46. The van der Waals surface area contributed by atoms with E-state index >= 15 is 0 Å². The van der Waals surface area contributed by atoms with Crippen molar-refractivity contribution in [2.75, 3.05) is 20.3 Å². The van der Waals surface area contributed by atoms with Gasteiger partial charge in [-0.1, -0.05) is 75.4 Å². The van der Waals surface area contributed by atoms with Gasteiger partial charge in [0, 0.05) is 19.2 Å². The minimum Gasteiger partial charge on any atom is -0.507 e. The summed E-state index contributed by atoms with van der Waals surface area (Å²) in [7, 11) is 1.55. The number of rotatable bonds is 8. The van der Waals surface area contributed by atoms with Gasteiger partial charge < -0.3 is 19.5 Å². The molecule has 4 rings (SSSR count). The van der Waals surface area contributed by atoms with Gasteiger partial charge in [-0.15, -0.1) is 0 Å². The van der Waals surface area contributed by atoms with Crippen LogP contribution in [0.15, 0.2) is 78.4 Å². The minimum atomic E-state index is -0.715. The monoisotopic (exact) mass is 513 g/mol. The zero-order valence-corrected chi connectivity index (χ0v) is 22.7. The molecule has 0 radical (unpaired) electrons. The highest BCUT2D eigenvalue weighted by atomic mass is 16.5. The predicted molar refractivity (Wildman–Crippen MR) is 148 cm³/mol. The molecular formula is C32H35NO5. The highest BCUT2D eigenvalue weighted by Crippen LogP contribution is 2.40. The molecule has 0 spiro atoms. The first-order valence-electron chi connectivity index (χ1n) is 12.8. The van der Waals surface area contributed by atoms with Crippen molar-refractivity contribution in [2.45, 2.75) is 45.8 Å². The number of ether oxygens (including phenoxy) is 2. The van der Waals surface area contributed by atoms with Gasteiger partial charge in [0.1, 0.15) is 18.1 Å². The third kappa shape index (κ3) is 5.65. The number of benzene rings is 3. The molecule has 0 aliphatic carbocycles. The second-order valence-electron chi connectivity index (χ2n) is 10.6. The molecule has 0 bridgehead atoms. The third-order valence-corrected chi connectivity index (χ3v) is 6.87. The lowest BCUT2D eigenvalue weighted by Gasteiger charge is -2.26. The summed E-state index contributed by atoms with van der Waals surface area (Å²) in [6.45, 7) is 9.15. The molecule has 198 valence electrons. The number of aliphatic hydroxyl groups is 1. The first kappa shape index (κ1) is 27.1. The Morgan fingerprint density at radius 3 is 2.26 bits per heavy atom. The molecule has 3 aromatic rings. The van der Waals surface area contributed by atoms with Crippen molar-refractivity contribution < 1.29 is 24.2 Å². The first-order chi connectivity index (χ1) is 18.1. The molecule has 0 saturated carbocycles. The minimum absolute atomic E-state index is 0.0438. The Labute approximate surface area is 224 Å². The molecule has 6 heteroatoms. The number of aryl methyl sites for hydroxylation is 1. The molecule has 1 amide bonds. The quantitative estimate of drug-likeness (QED) is 0.229. The highest BCUT2D eigenvalue weighted by molar-refractivity contribution is 6.46. The standard InChI is InChI=1S/C32H35NO5/c1-21-19-25(38-20-22-9-7-6-8-10-22)15-16-26(21)29(34)27-28(33(17-18-37-5)31(36)30(27)35)23-11-13-24(14-12-23)32(2,3)4/h6-16,19,28,34H,17-18,20H2,1-5H3/t28-/m0/s1. The van der Waals surface area contributed by atoms with Crippen LogP contribution in [0.2, 0.25) is 0 Å². The maximum absolute atomic E-state index is 13.3. The number of ketones is 1. The first-order valence-corrected chi connectivity index (χ1v) is 12.8. The summed E-state index contributed by atoms with van der Waals surface area (Å²) < 4.78 is 11.1. The third-order valence-electron chi connectivity index (χ3n) is 6.87. The van der Waals surface area contributed by atoms with Gasteiger partial charge in [-0.3, -0.25) is 9.59 Å². The largest absolute Gasteiger partial charge is 0.507 e. The Hall–Kier alpha value is -3.90. The van der Waals surface area contributed by atoms with Gasteiger partial charge >= 0.3 is 0 Å². The van der Waals surface area contributed by atoms with E-state index in [1.165, 1.54) is 4.90 Å². The number of nitrogens with zero attached hydrogens (tertiary/aromatic N) is 1. The van der Waals surface area contributed by atoms with E-state index in [-0.39, 0.29) is 29.9 Å². The molecule has 1 heterocycles. The van der Waals surface area contributed by atoms with E-state index in [1.807, 2.05) is 67.6 Å². The van der Waals surface area contributed by atoms with Crippen molar-refractivity contribution in [1.29, 1.82) is 0 Å². The molecule has 3 aromatic carbocycles. The smallest absolute Gasteiger partial charge is 0.295 e. The lowest BCUT2D eigenvalue weighted by atomic mass is 9.85.